The van der Waals surface area contributed by atoms with E-state index in [9.17, 15) is 4.79 Å². The first-order valence-corrected chi connectivity index (χ1v) is 10.3. The van der Waals surface area contributed by atoms with Crippen molar-refractivity contribution in [1.29, 1.82) is 0 Å². The molecule has 0 saturated carbocycles. The highest BCUT2D eigenvalue weighted by Gasteiger charge is 2.32. The number of aliphatic imine (C=N–C) groups is 1. The van der Waals surface area contributed by atoms with Crippen molar-refractivity contribution >= 4 is 45.4 Å². The number of benzene rings is 2. The second-order valence-corrected chi connectivity index (χ2v) is 7.69. The highest BCUT2D eigenvalue weighted by Crippen LogP contribution is 2.35. The van der Waals surface area contributed by atoms with E-state index in [0.717, 1.165) is 16.8 Å². The first-order valence-electron chi connectivity index (χ1n) is 8.60. The van der Waals surface area contributed by atoms with Crippen molar-refractivity contribution in [2.75, 3.05) is 6.54 Å². The van der Waals surface area contributed by atoms with Gasteiger partial charge >= 0.3 is 0 Å². The molecule has 0 spiro atoms. The van der Waals surface area contributed by atoms with Gasteiger partial charge in [0.1, 0.15) is 0 Å². The minimum atomic E-state index is -0.00931. The van der Waals surface area contributed by atoms with Crippen LogP contribution in [0.3, 0.4) is 0 Å². The summed E-state index contributed by atoms with van der Waals surface area (Å²) in [5, 5.41) is 3.33. The van der Waals surface area contributed by atoms with Gasteiger partial charge in [0.25, 0.3) is 5.91 Å². The van der Waals surface area contributed by atoms with Gasteiger partial charge in [-0.05, 0) is 30.3 Å². The Morgan fingerprint density at radius 1 is 1.07 bits per heavy atom. The van der Waals surface area contributed by atoms with Gasteiger partial charge < -0.3 is 0 Å². The number of hydrogen-bond acceptors (Lipinski definition) is 5. The number of amides is 1. The number of likely N-dealkylation sites (N-methyl/N-ethyl adjacent to an activating group) is 1. The summed E-state index contributed by atoms with van der Waals surface area (Å²) in [7, 11) is 0. The minimum Gasteiger partial charge on any atom is -0.287 e. The molecule has 2 aromatic carbocycles. The van der Waals surface area contributed by atoms with Crippen LogP contribution in [0.4, 0.5) is 5.13 Å². The maximum absolute atomic E-state index is 12.7. The molecule has 0 radical (unpaired) electrons. The molecule has 4 rings (SSSR count). The molecule has 27 heavy (non-hydrogen) atoms. The van der Waals surface area contributed by atoms with E-state index in [2.05, 4.69) is 9.98 Å². The lowest BCUT2D eigenvalue weighted by Gasteiger charge is -2.11. The van der Waals surface area contributed by atoms with Crippen molar-refractivity contribution in [1.82, 2.24) is 9.88 Å². The van der Waals surface area contributed by atoms with E-state index >= 15 is 0 Å². The number of carbonyl (C=O) groups is 1. The number of nitrogens with zero attached hydrogens (tertiary/aromatic N) is 3. The van der Waals surface area contributed by atoms with Gasteiger partial charge in [0.15, 0.2) is 5.17 Å². The van der Waals surface area contributed by atoms with E-state index in [4.69, 9.17) is 0 Å². The quantitative estimate of drug-likeness (QED) is 0.557. The van der Waals surface area contributed by atoms with Crippen LogP contribution in [-0.2, 0) is 4.79 Å². The zero-order valence-electron chi connectivity index (χ0n) is 14.7. The SMILES string of the molecule is CCN1C(=O)/C(=C/c2ccccc2)S/C1=N/c1nc(-c2ccccc2)cs1. The smallest absolute Gasteiger partial charge is 0.266 e. The lowest BCUT2D eigenvalue weighted by molar-refractivity contribution is -0.122. The molecular formula is C21H17N3OS2. The molecule has 0 bridgehead atoms. The predicted octanol–water partition coefficient (Wildman–Crippen LogP) is 5.43. The summed E-state index contributed by atoms with van der Waals surface area (Å²) in [5.41, 5.74) is 2.97. The van der Waals surface area contributed by atoms with Gasteiger partial charge in [-0.3, -0.25) is 9.69 Å². The van der Waals surface area contributed by atoms with Crippen LogP contribution in [0.2, 0.25) is 0 Å². The number of hydrogen-bond donors (Lipinski definition) is 0. The molecule has 134 valence electrons. The summed E-state index contributed by atoms with van der Waals surface area (Å²) in [5.74, 6) is -0.00931. The fraction of sp³-hybridized carbons (Fsp3) is 0.0952. The van der Waals surface area contributed by atoms with Gasteiger partial charge in [0.05, 0.1) is 10.6 Å². The summed E-state index contributed by atoms with van der Waals surface area (Å²) < 4.78 is 0. The maximum Gasteiger partial charge on any atom is 0.266 e. The molecule has 2 heterocycles. The van der Waals surface area contributed by atoms with Gasteiger partial charge in [-0.1, -0.05) is 60.7 Å². The Bertz CT molecular complexity index is 1010. The molecule has 1 amide bonds. The molecule has 1 aliphatic heterocycles. The molecular weight excluding hydrogens is 374 g/mol. The van der Waals surface area contributed by atoms with Gasteiger partial charge in [0, 0.05) is 17.5 Å². The summed E-state index contributed by atoms with van der Waals surface area (Å²) in [6.07, 6.45) is 1.91. The van der Waals surface area contributed by atoms with Crippen LogP contribution >= 0.6 is 23.1 Å². The third-order valence-corrected chi connectivity index (χ3v) is 5.80. The molecule has 0 unspecified atom stereocenters. The number of aromatic nitrogens is 1. The van der Waals surface area contributed by atoms with Crippen molar-refractivity contribution in [3.8, 4) is 11.3 Å². The predicted molar refractivity (Wildman–Crippen MR) is 114 cm³/mol. The van der Waals surface area contributed by atoms with Crippen LogP contribution in [0.5, 0.6) is 0 Å². The number of thioether (sulfide) groups is 1. The topological polar surface area (TPSA) is 45.6 Å². The summed E-state index contributed by atoms with van der Waals surface area (Å²) in [6.45, 7) is 2.53. The maximum atomic E-state index is 12.7. The summed E-state index contributed by atoms with van der Waals surface area (Å²) >= 11 is 2.88. The van der Waals surface area contributed by atoms with Crippen molar-refractivity contribution < 1.29 is 4.79 Å². The molecule has 4 nitrogen and oxygen atoms in total. The molecule has 3 aromatic rings. The second kappa shape index (κ2) is 7.90. The van der Waals surface area contributed by atoms with Crippen LogP contribution in [-0.4, -0.2) is 27.5 Å². The van der Waals surface area contributed by atoms with E-state index in [-0.39, 0.29) is 5.91 Å². The zero-order chi connectivity index (χ0) is 18.6. The van der Waals surface area contributed by atoms with Gasteiger partial charge in [-0.15, -0.1) is 11.3 Å². The molecule has 0 atom stereocenters. The summed E-state index contributed by atoms with van der Waals surface area (Å²) in [6, 6.07) is 19.9. The molecule has 1 fully saturated rings. The number of rotatable bonds is 4. The third-order valence-electron chi connectivity index (χ3n) is 4.05. The largest absolute Gasteiger partial charge is 0.287 e. The van der Waals surface area contributed by atoms with Crippen molar-refractivity contribution in [3.63, 3.8) is 0 Å². The van der Waals surface area contributed by atoms with E-state index < -0.39 is 0 Å². The Kier molecular flexibility index (Phi) is 5.18. The summed E-state index contributed by atoms with van der Waals surface area (Å²) in [4.78, 5) is 24.3. The van der Waals surface area contributed by atoms with Crippen LogP contribution < -0.4 is 0 Å². The first-order chi connectivity index (χ1) is 13.2. The molecule has 6 heteroatoms. The number of amidine groups is 1. The Balaban J connectivity index is 1.62. The van der Waals surface area contributed by atoms with E-state index in [1.807, 2.05) is 79.0 Å². The van der Waals surface area contributed by atoms with E-state index in [1.165, 1.54) is 23.1 Å². The van der Waals surface area contributed by atoms with Gasteiger partial charge in [0.2, 0.25) is 5.13 Å². The minimum absolute atomic E-state index is 0.00931. The van der Waals surface area contributed by atoms with Crippen LogP contribution in [0, 0.1) is 0 Å². The monoisotopic (exact) mass is 391 g/mol. The fourth-order valence-corrected chi connectivity index (χ4v) is 4.51. The molecule has 1 aromatic heterocycles. The Morgan fingerprint density at radius 2 is 1.78 bits per heavy atom. The van der Waals surface area contributed by atoms with Crippen molar-refractivity contribution in [3.05, 3.63) is 76.5 Å². The third kappa shape index (κ3) is 3.86. The van der Waals surface area contributed by atoms with Crippen molar-refractivity contribution in [2.45, 2.75) is 6.92 Å². The average Bonchev–Trinajstić information content (AvgIpc) is 3.28. The van der Waals surface area contributed by atoms with E-state index in [1.54, 1.807) is 4.90 Å². The standard InChI is InChI=1S/C21H17N3OS2/c1-2-24-19(25)18(13-15-9-5-3-6-10-15)27-21(24)23-20-22-17(14-26-20)16-11-7-4-8-12-16/h3-14H,2H2,1H3/b18-13-,23-21+. The molecule has 1 aliphatic rings. The van der Waals surface area contributed by atoms with Crippen LogP contribution in [0.15, 0.2) is 75.9 Å². The lowest BCUT2D eigenvalue weighted by atomic mass is 10.2. The highest BCUT2D eigenvalue weighted by molar-refractivity contribution is 8.18. The number of thiazole rings is 1. The lowest BCUT2D eigenvalue weighted by Crippen LogP contribution is -2.28. The van der Waals surface area contributed by atoms with E-state index in [0.29, 0.717) is 21.7 Å². The molecule has 1 saturated heterocycles. The van der Waals surface area contributed by atoms with Crippen LogP contribution in [0.1, 0.15) is 12.5 Å². The Labute approximate surface area is 166 Å². The second-order valence-electron chi connectivity index (χ2n) is 5.85. The number of carbonyl (C=O) groups excluding carboxylic acids is 1. The highest BCUT2D eigenvalue weighted by atomic mass is 32.2. The van der Waals surface area contributed by atoms with Crippen molar-refractivity contribution in [2.24, 2.45) is 4.99 Å². The molecule has 0 aliphatic carbocycles. The van der Waals surface area contributed by atoms with Gasteiger partial charge in [-0.2, -0.15) is 4.99 Å². The Morgan fingerprint density at radius 3 is 2.48 bits per heavy atom. The van der Waals surface area contributed by atoms with Gasteiger partial charge in [-0.25, -0.2) is 4.98 Å². The average molecular weight is 392 g/mol. The molecule has 0 N–H and O–H groups in total. The fourth-order valence-electron chi connectivity index (χ4n) is 2.71. The normalized spacial score (nSPS) is 17.2. The zero-order valence-corrected chi connectivity index (χ0v) is 16.3. The Hall–Kier alpha value is -2.70. The van der Waals surface area contributed by atoms with Crippen LogP contribution in [0.25, 0.3) is 17.3 Å². The first kappa shape index (κ1) is 17.7.